The van der Waals surface area contributed by atoms with Gasteiger partial charge in [-0.2, -0.15) is 0 Å². The summed E-state index contributed by atoms with van der Waals surface area (Å²) in [5.74, 6) is 0.640. The van der Waals surface area contributed by atoms with Crippen LogP contribution in [0.1, 0.15) is 29.1 Å². The first-order chi connectivity index (χ1) is 12.4. The Kier molecular flexibility index (Phi) is 5.08. The van der Waals surface area contributed by atoms with E-state index in [1.807, 2.05) is 26.0 Å². The van der Waals surface area contributed by atoms with Gasteiger partial charge in [0.25, 0.3) is 11.5 Å². The fourth-order valence-electron chi connectivity index (χ4n) is 2.83. The molecule has 0 saturated heterocycles. The van der Waals surface area contributed by atoms with E-state index < -0.39 is 0 Å². The summed E-state index contributed by atoms with van der Waals surface area (Å²) in [5, 5.41) is 3.37. The van der Waals surface area contributed by atoms with Crippen LogP contribution < -0.4 is 15.6 Å². The summed E-state index contributed by atoms with van der Waals surface area (Å²) in [5.41, 5.74) is 1.14. The largest absolute Gasteiger partial charge is 0.495 e. The second-order valence-corrected chi connectivity index (χ2v) is 7.49. The molecule has 2 aromatic heterocycles. The minimum absolute atomic E-state index is 0.103. The molecule has 1 aromatic carbocycles. The van der Waals surface area contributed by atoms with Gasteiger partial charge in [0.2, 0.25) is 0 Å². The van der Waals surface area contributed by atoms with Crippen molar-refractivity contribution in [2.45, 2.75) is 27.3 Å². The van der Waals surface area contributed by atoms with Crippen molar-refractivity contribution < 1.29 is 9.53 Å². The van der Waals surface area contributed by atoms with Crippen LogP contribution in [0.4, 0.5) is 5.69 Å². The van der Waals surface area contributed by atoms with Gasteiger partial charge in [-0.3, -0.25) is 14.2 Å². The van der Waals surface area contributed by atoms with E-state index in [9.17, 15) is 9.59 Å². The first-order valence-corrected chi connectivity index (χ1v) is 9.17. The number of thiophene rings is 1. The smallest absolute Gasteiger partial charge is 0.266 e. The molecule has 6 nitrogen and oxygen atoms in total. The van der Waals surface area contributed by atoms with E-state index >= 15 is 0 Å². The maximum atomic E-state index is 12.8. The van der Waals surface area contributed by atoms with Crippen LogP contribution in [0.5, 0.6) is 5.75 Å². The molecule has 136 valence electrons. The van der Waals surface area contributed by atoms with Crippen LogP contribution in [-0.2, 0) is 6.54 Å². The average Bonchev–Trinajstić information content (AvgIpc) is 2.95. The lowest BCUT2D eigenvalue weighted by atomic mass is 10.2. The lowest BCUT2D eigenvalue weighted by Crippen LogP contribution is -2.22. The number of nitrogens with zero attached hydrogens (tertiary/aromatic N) is 2. The zero-order valence-electron chi connectivity index (χ0n) is 15.2. The molecule has 26 heavy (non-hydrogen) atoms. The van der Waals surface area contributed by atoms with E-state index in [0.717, 1.165) is 0 Å². The van der Waals surface area contributed by atoms with E-state index in [0.29, 0.717) is 44.6 Å². The van der Waals surface area contributed by atoms with Crippen molar-refractivity contribution in [3.8, 4) is 5.75 Å². The van der Waals surface area contributed by atoms with Gasteiger partial charge in [0, 0.05) is 6.54 Å². The highest BCUT2D eigenvalue weighted by atomic mass is 32.1. The maximum Gasteiger partial charge on any atom is 0.266 e. The number of ether oxygens (including phenoxy) is 1. The number of rotatable bonds is 5. The summed E-state index contributed by atoms with van der Waals surface area (Å²) in [6.45, 7) is 6.48. The third kappa shape index (κ3) is 3.35. The van der Waals surface area contributed by atoms with Gasteiger partial charge < -0.3 is 10.1 Å². The molecule has 0 aliphatic heterocycles. The minimum Gasteiger partial charge on any atom is -0.495 e. The highest BCUT2D eigenvalue weighted by Gasteiger charge is 2.20. The molecule has 0 spiro atoms. The molecule has 0 aliphatic carbocycles. The van der Waals surface area contributed by atoms with Crippen LogP contribution in [0.2, 0.25) is 0 Å². The number of nitrogens with one attached hydrogen (secondary N) is 1. The predicted molar refractivity (Wildman–Crippen MR) is 104 cm³/mol. The van der Waals surface area contributed by atoms with Gasteiger partial charge in [-0.25, -0.2) is 4.98 Å². The molecule has 0 bridgehead atoms. The molecule has 0 saturated carbocycles. The van der Waals surface area contributed by atoms with Gasteiger partial charge in [0.1, 0.15) is 10.6 Å². The zero-order valence-corrected chi connectivity index (χ0v) is 16.0. The van der Waals surface area contributed by atoms with Crippen molar-refractivity contribution in [1.82, 2.24) is 9.55 Å². The lowest BCUT2D eigenvalue weighted by Gasteiger charge is -2.09. The number of benzene rings is 1. The van der Waals surface area contributed by atoms with Gasteiger partial charge in [-0.05, 0) is 30.5 Å². The highest BCUT2D eigenvalue weighted by Crippen LogP contribution is 2.29. The summed E-state index contributed by atoms with van der Waals surface area (Å²) < 4.78 is 6.87. The number of methoxy groups -OCH3 is 1. The standard InChI is InChI=1S/C19H21N3O3S/c1-11(2)9-22-10-20-18-15(19(22)24)12(3)16(26-18)17(23)21-13-7-5-6-8-14(13)25-4/h5-8,10-11H,9H2,1-4H3,(H,21,23). The van der Waals surface area contributed by atoms with Gasteiger partial charge in [-0.1, -0.05) is 26.0 Å². The molecular formula is C19H21N3O3S. The van der Waals surface area contributed by atoms with E-state index in [4.69, 9.17) is 4.74 Å². The molecule has 0 unspecified atom stereocenters. The summed E-state index contributed by atoms with van der Waals surface area (Å²) in [4.78, 5) is 31.0. The molecule has 1 amide bonds. The molecule has 0 atom stereocenters. The maximum absolute atomic E-state index is 12.8. The number of hydrogen-bond donors (Lipinski definition) is 1. The number of carbonyl (C=O) groups is 1. The molecule has 0 aliphatic rings. The van der Waals surface area contributed by atoms with Crippen LogP contribution >= 0.6 is 11.3 Å². The molecule has 3 rings (SSSR count). The van der Waals surface area contributed by atoms with Gasteiger partial charge >= 0.3 is 0 Å². The molecular weight excluding hydrogens is 350 g/mol. The Bertz CT molecular complexity index is 1020. The van der Waals surface area contributed by atoms with E-state index in [-0.39, 0.29) is 11.5 Å². The molecule has 0 fully saturated rings. The minimum atomic E-state index is -0.273. The first-order valence-electron chi connectivity index (χ1n) is 8.35. The lowest BCUT2D eigenvalue weighted by molar-refractivity contribution is 0.102. The fraction of sp³-hybridized carbons (Fsp3) is 0.316. The van der Waals surface area contributed by atoms with Crippen LogP contribution in [0, 0.1) is 12.8 Å². The number of hydrogen-bond acceptors (Lipinski definition) is 5. The van der Waals surface area contributed by atoms with Crippen LogP contribution in [0.3, 0.4) is 0 Å². The summed E-state index contributed by atoms with van der Waals surface area (Å²) in [6, 6.07) is 7.20. The van der Waals surface area contributed by atoms with Crippen molar-refractivity contribution in [3.05, 3.63) is 51.4 Å². The number of carbonyl (C=O) groups excluding carboxylic acids is 1. The summed E-state index contributed by atoms with van der Waals surface area (Å²) >= 11 is 1.23. The van der Waals surface area contributed by atoms with E-state index in [2.05, 4.69) is 10.3 Å². The number of anilines is 1. The monoisotopic (exact) mass is 371 g/mol. The number of fused-ring (bicyclic) bond motifs is 1. The van der Waals surface area contributed by atoms with Gasteiger partial charge in [0.15, 0.2) is 0 Å². The Balaban J connectivity index is 2.00. The SMILES string of the molecule is COc1ccccc1NC(=O)c1sc2ncn(CC(C)C)c(=O)c2c1C. The molecule has 3 aromatic rings. The normalized spacial score (nSPS) is 11.1. The second-order valence-electron chi connectivity index (χ2n) is 6.49. The van der Waals surface area contributed by atoms with Gasteiger partial charge in [0.05, 0.1) is 29.4 Å². The van der Waals surface area contributed by atoms with Gasteiger partial charge in [-0.15, -0.1) is 11.3 Å². The first kappa shape index (κ1) is 18.1. The summed E-state index contributed by atoms with van der Waals surface area (Å²) in [7, 11) is 1.55. The van der Waals surface area contributed by atoms with Crippen molar-refractivity contribution in [1.29, 1.82) is 0 Å². The number of aromatic nitrogens is 2. The Labute approximate surface area is 155 Å². The van der Waals surface area contributed by atoms with E-state index in [1.54, 1.807) is 37.1 Å². The van der Waals surface area contributed by atoms with Crippen molar-refractivity contribution in [2.24, 2.45) is 5.92 Å². The molecule has 2 heterocycles. The highest BCUT2D eigenvalue weighted by molar-refractivity contribution is 7.20. The Morgan fingerprint density at radius 1 is 1.35 bits per heavy atom. The molecule has 1 N–H and O–H groups in total. The average molecular weight is 371 g/mol. The molecule has 7 heteroatoms. The Hall–Kier alpha value is -2.67. The third-order valence-corrected chi connectivity index (χ3v) is 5.24. The quantitative estimate of drug-likeness (QED) is 0.742. The van der Waals surface area contributed by atoms with Crippen LogP contribution in [-0.4, -0.2) is 22.6 Å². The van der Waals surface area contributed by atoms with Crippen LogP contribution in [0.25, 0.3) is 10.2 Å². The third-order valence-electron chi connectivity index (χ3n) is 4.04. The van der Waals surface area contributed by atoms with E-state index in [1.165, 1.54) is 11.3 Å². The topological polar surface area (TPSA) is 73.2 Å². The van der Waals surface area contributed by atoms with Crippen LogP contribution in [0.15, 0.2) is 35.4 Å². The number of para-hydroxylation sites is 2. The van der Waals surface area contributed by atoms with Crippen molar-refractivity contribution in [3.63, 3.8) is 0 Å². The Morgan fingerprint density at radius 2 is 2.08 bits per heavy atom. The zero-order chi connectivity index (χ0) is 18.8. The number of aryl methyl sites for hydroxylation is 1. The predicted octanol–water partition coefficient (Wildman–Crippen LogP) is 3.68. The fourth-order valence-corrected chi connectivity index (χ4v) is 3.86. The molecule has 0 radical (unpaired) electrons. The van der Waals surface area contributed by atoms with Crippen molar-refractivity contribution in [2.75, 3.05) is 12.4 Å². The van der Waals surface area contributed by atoms with Crippen molar-refractivity contribution >= 4 is 33.1 Å². The summed E-state index contributed by atoms with van der Waals surface area (Å²) in [6.07, 6.45) is 1.56. The number of amides is 1. The Morgan fingerprint density at radius 3 is 2.77 bits per heavy atom. The second kappa shape index (κ2) is 7.29.